The van der Waals surface area contributed by atoms with Gasteiger partial charge in [0.2, 0.25) is 0 Å². The number of aromatic nitrogens is 2. The van der Waals surface area contributed by atoms with Gasteiger partial charge in [-0.05, 0) is 12.5 Å². The molecule has 0 bridgehead atoms. The smallest absolute Gasteiger partial charge is 0.268 e. The zero-order valence-electron chi connectivity index (χ0n) is 11.7. The fourth-order valence-corrected chi connectivity index (χ4v) is 1.97. The van der Waals surface area contributed by atoms with Gasteiger partial charge in [-0.2, -0.15) is 5.10 Å². The quantitative estimate of drug-likeness (QED) is 0.891. The molecule has 0 fully saturated rings. The predicted molar refractivity (Wildman–Crippen MR) is 78.7 cm³/mol. The molecule has 0 saturated heterocycles. The molecular weight excluding hydrogens is 254 g/mol. The van der Waals surface area contributed by atoms with Crippen molar-refractivity contribution in [3.63, 3.8) is 0 Å². The van der Waals surface area contributed by atoms with Gasteiger partial charge in [0.05, 0.1) is 24.5 Å². The summed E-state index contributed by atoms with van der Waals surface area (Å²) < 4.78 is 1.27. The third kappa shape index (κ3) is 3.68. The van der Waals surface area contributed by atoms with E-state index in [2.05, 4.69) is 5.10 Å². The number of rotatable bonds is 5. The van der Waals surface area contributed by atoms with Crippen molar-refractivity contribution in [3.8, 4) is 0 Å². The molecule has 0 amide bonds. The van der Waals surface area contributed by atoms with Crippen LogP contribution in [-0.4, -0.2) is 28.0 Å². The van der Waals surface area contributed by atoms with E-state index in [-0.39, 0.29) is 12.1 Å². The molecule has 0 spiro atoms. The predicted octanol–water partition coefficient (Wildman–Crippen LogP) is 1.26. The second kappa shape index (κ2) is 6.34. The molecule has 0 aliphatic rings. The summed E-state index contributed by atoms with van der Waals surface area (Å²) in [5.41, 5.74) is 1.73. The summed E-state index contributed by atoms with van der Waals surface area (Å²) in [5.74, 6) is 0. The van der Waals surface area contributed by atoms with Crippen LogP contribution in [0, 0.1) is 0 Å². The van der Waals surface area contributed by atoms with Gasteiger partial charge in [0.25, 0.3) is 5.56 Å². The first-order valence-electron chi connectivity index (χ1n) is 6.56. The first-order valence-corrected chi connectivity index (χ1v) is 6.56. The molecule has 0 aliphatic carbocycles. The van der Waals surface area contributed by atoms with Crippen LogP contribution < -0.4 is 10.5 Å². The summed E-state index contributed by atoms with van der Waals surface area (Å²) in [5, 5.41) is 13.4. The zero-order chi connectivity index (χ0) is 14.5. The number of hydrogen-bond donors (Lipinski definition) is 1. The summed E-state index contributed by atoms with van der Waals surface area (Å²) in [7, 11) is 1.92. The van der Waals surface area contributed by atoms with Crippen LogP contribution in [0.15, 0.2) is 47.4 Å². The molecule has 2 rings (SSSR count). The lowest BCUT2D eigenvalue weighted by Gasteiger charge is -2.19. The molecule has 0 saturated carbocycles. The number of aliphatic hydroxyl groups excluding tert-OH is 1. The van der Waals surface area contributed by atoms with Crippen molar-refractivity contribution in [1.29, 1.82) is 0 Å². The number of anilines is 1. The van der Waals surface area contributed by atoms with Crippen LogP contribution in [0.5, 0.6) is 0 Å². The van der Waals surface area contributed by atoms with Crippen molar-refractivity contribution < 1.29 is 5.11 Å². The number of aliphatic hydroxyl groups is 1. The topological polar surface area (TPSA) is 58.4 Å². The summed E-state index contributed by atoms with van der Waals surface area (Å²) in [6.07, 6.45) is 1.06. The molecule has 1 atom stereocenters. The molecule has 0 aliphatic heterocycles. The molecule has 1 aromatic heterocycles. The maximum atomic E-state index is 11.9. The van der Waals surface area contributed by atoms with E-state index in [0.29, 0.717) is 6.54 Å². The van der Waals surface area contributed by atoms with Crippen LogP contribution >= 0.6 is 0 Å². The standard InChI is InChI=1S/C15H19N3O2/c1-12(19)10-18-15(20)8-14(9-16-18)17(2)11-13-6-4-3-5-7-13/h3-9,12,19H,10-11H2,1-2H3/t12-/m0/s1. The number of hydrogen-bond acceptors (Lipinski definition) is 4. The summed E-state index contributed by atoms with van der Waals surface area (Å²) >= 11 is 0. The lowest BCUT2D eigenvalue weighted by molar-refractivity contribution is 0.166. The molecule has 5 nitrogen and oxygen atoms in total. The van der Waals surface area contributed by atoms with E-state index in [1.807, 2.05) is 42.3 Å². The molecule has 1 aromatic carbocycles. The molecule has 1 N–H and O–H groups in total. The van der Waals surface area contributed by atoms with E-state index in [0.717, 1.165) is 5.69 Å². The van der Waals surface area contributed by atoms with Crippen LogP contribution in [0.2, 0.25) is 0 Å². The Kier molecular flexibility index (Phi) is 4.53. The van der Waals surface area contributed by atoms with Crippen LogP contribution in [0.3, 0.4) is 0 Å². The lowest BCUT2D eigenvalue weighted by atomic mass is 10.2. The minimum absolute atomic E-state index is 0.205. The fraction of sp³-hybridized carbons (Fsp3) is 0.333. The van der Waals surface area contributed by atoms with Crippen LogP contribution in [0.1, 0.15) is 12.5 Å². The summed E-state index contributed by atoms with van der Waals surface area (Å²) in [6, 6.07) is 11.6. The maximum absolute atomic E-state index is 11.9. The van der Waals surface area contributed by atoms with Gasteiger partial charge in [0, 0.05) is 19.7 Å². The highest BCUT2D eigenvalue weighted by molar-refractivity contribution is 5.42. The number of benzene rings is 1. The average Bonchev–Trinajstić information content (AvgIpc) is 2.41. The van der Waals surface area contributed by atoms with Gasteiger partial charge in [-0.1, -0.05) is 30.3 Å². The minimum Gasteiger partial charge on any atom is -0.391 e. The largest absolute Gasteiger partial charge is 0.391 e. The second-order valence-corrected chi connectivity index (χ2v) is 4.92. The molecule has 0 unspecified atom stereocenters. The SMILES string of the molecule is C[C@H](O)Cn1ncc(N(C)Cc2ccccc2)cc1=O. The average molecular weight is 273 g/mol. The Labute approximate surface area is 118 Å². The Morgan fingerprint density at radius 3 is 2.65 bits per heavy atom. The Bertz CT molecular complexity index is 608. The first-order chi connectivity index (χ1) is 9.56. The van der Waals surface area contributed by atoms with Gasteiger partial charge >= 0.3 is 0 Å². The highest BCUT2D eigenvalue weighted by Crippen LogP contribution is 2.11. The van der Waals surface area contributed by atoms with Crippen molar-refractivity contribution in [2.45, 2.75) is 26.1 Å². The van der Waals surface area contributed by atoms with Gasteiger partial charge in [0.1, 0.15) is 0 Å². The third-order valence-corrected chi connectivity index (χ3v) is 3.00. The van der Waals surface area contributed by atoms with Gasteiger partial charge < -0.3 is 10.0 Å². The Hall–Kier alpha value is -2.14. The first kappa shape index (κ1) is 14.3. The van der Waals surface area contributed by atoms with Crippen molar-refractivity contribution in [2.24, 2.45) is 0 Å². The van der Waals surface area contributed by atoms with Gasteiger partial charge in [-0.25, -0.2) is 4.68 Å². The van der Waals surface area contributed by atoms with E-state index in [1.54, 1.807) is 19.2 Å². The van der Waals surface area contributed by atoms with E-state index in [1.165, 1.54) is 10.2 Å². The Morgan fingerprint density at radius 2 is 2.05 bits per heavy atom. The third-order valence-electron chi connectivity index (χ3n) is 3.00. The Morgan fingerprint density at radius 1 is 1.35 bits per heavy atom. The van der Waals surface area contributed by atoms with Crippen molar-refractivity contribution in [3.05, 3.63) is 58.5 Å². The summed E-state index contributed by atoms with van der Waals surface area (Å²) in [4.78, 5) is 13.9. The second-order valence-electron chi connectivity index (χ2n) is 4.92. The molecule has 2 aromatic rings. The highest BCUT2D eigenvalue weighted by atomic mass is 16.3. The summed E-state index contributed by atoms with van der Waals surface area (Å²) in [6.45, 7) is 2.55. The zero-order valence-corrected chi connectivity index (χ0v) is 11.7. The molecule has 106 valence electrons. The van der Waals surface area contributed by atoms with Gasteiger partial charge in [-0.15, -0.1) is 0 Å². The number of nitrogens with zero attached hydrogens (tertiary/aromatic N) is 3. The van der Waals surface area contributed by atoms with Gasteiger partial charge in [0.15, 0.2) is 0 Å². The van der Waals surface area contributed by atoms with E-state index < -0.39 is 6.10 Å². The highest BCUT2D eigenvalue weighted by Gasteiger charge is 2.07. The van der Waals surface area contributed by atoms with Crippen LogP contribution in [0.25, 0.3) is 0 Å². The van der Waals surface area contributed by atoms with E-state index in [4.69, 9.17) is 0 Å². The molecule has 0 radical (unpaired) electrons. The minimum atomic E-state index is -0.590. The van der Waals surface area contributed by atoms with E-state index in [9.17, 15) is 9.90 Å². The van der Waals surface area contributed by atoms with E-state index >= 15 is 0 Å². The Balaban J connectivity index is 2.13. The van der Waals surface area contributed by atoms with Crippen LogP contribution in [-0.2, 0) is 13.1 Å². The maximum Gasteiger partial charge on any atom is 0.268 e. The molecule has 5 heteroatoms. The molecule has 1 heterocycles. The molecule has 20 heavy (non-hydrogen) atoms. The molecular formula is C15H19N3O2. The van der Waals surface area contributed by atoms with Crippen LogP contribution in [0.4, 0.5) is 5.69 Å². The van der Waals surface area contributed by atoms with Crippen molar-refractivity contribution >= 4 is 5.69 Å². The fourth-order valence-electron chi connectivity index (χ4n) is 1.97. The monoisotopic (exact) mass is 273 g/mol. The van der Waals surface area contributed by atoms with Crippen molar-refractivity contribution in [1.82, 2.24) is 9.78 Å². The van der Waals surface area contributed by atoms with Crippen molar-refractivity contribution in [2.75, 3.05) is 11.9 Å². The normalized spacial score (nSPS) is 12.2. The van der Waals surface area contributed by atoms with Gasteiger partial charge in [-0.3, -0.25) is 4.79 Å². The lowest BCUT2D eigenvalue weighted by Crippen LogP contribution is -2.28.